The maximum atomic E-state index is 11.5. The van der Waals surface area contributed by atoms with Crippen molar-refractivity contribution in [1.29, 1.82) is 0 Å². The van der Waals surface area contributed by atoms with Crippen LogP contribution in [0, 0.1) is 0 Å². The van der Waals surface area contributed by atoms with Gasteiger partial charge in [0.1, 0.15) is 11.5 Å². The van der Waals surface area contributed by atoms with E-state index in [2.05, 4.69) is 0 Å². The monoisotopic (exact) mass is 252 g/mol. The molecular weight excluding hydrogens is 236 g/mol. The fourth-order valence-corrected chi connectivity index (χ4v) is 1.39. The van der Waals surface area contributed by atoms with E-state index < -0.39 is 5.97 Å². The third-order valence-corrected chi connectivity index (χ3v) is 2.36. The standard InChI is InChI=1S/C13H16O5/c1-17-11-5-6-12(10(8-11)9-15)18-13(16)4-2-3-7-14/h5-6,8-9,14H,2-4,7H2,1H3. The number of methoxy groups -OCH3 is 1. The average molecular weight is 252 g/mol. The summed E-state index contributed by atoms with van der Waals surface area (Å²) in [5.41, 5.74) is 0.268. The van der Waals surface area contributed by atoms with E-state index in [4.69, 9.17) is 14.6 Å². The highest BCUT2D eigenvalue weighted by Crippen LogP contribution is 2.23. The van der Waals surface area contributed by atoms with Gasteiger partial charge in [0.25, 0.3) is 0 Å². The van der Waals surface area contributed by atoms with Crippen molar-refractivity contribution in [3.63, 3.8) is 0 Å². The van der Waals surface area contributed by atoms with Crippen LogP contribution in [-0.2, 0) is 4.79 Å². The van der Waals surface area contributed by atoms with Crippen molar-refractivity contribution in [2.45, 2.75) is 19.3 Å². The smallest absolute Gasteiger partial charge is 0.311 e. The van der Waals surface area contributed by atoms with Gasteiger partial charge in [-0.1, -0.05) is 0 Å². The van der Waals surface area contributed by atoms with Crippen molar-refractivity contribution in [3.05, 3.63) is 23.8 Å². The second-order valence-corrected chi connectivity index (χ2v) is 3.68. The van der Waals surface area contributed by atoms with Crippen LogP contribution in [0.15, 0.2) is 18.2 Å². The molecule has 0 atom stereocenters. The molecular formula is C13H16O5. The molecule has 0 heterocycles. The normalized spacial score (nSPS) is 9.89. The highest BCUT2D eigenvalue weighted by atomic mass is 16.5. The first kappa shape index (κ1) is 14.2. The molecule has 0 amide bonds. The molecule has 18 heavy (non-hydrogen) atoms. The Morgan fingerprint density at radius 3 is 2.78 bits per heavy atom. The van der Waals surface area contributed by atoms with E-state index in [-0.39, 0.29) is 24.3 Å². The van der Waals surface area contributed by atoms with Crippen LogP contribution in [0.1, 0.15) is 29.6 Å². The zero-order valence-electron chi connectivity index (χ0n) is 10.2. The molecule has 5 nitrogen and oxygen atoms in total. The van der Waals surface area contributed by atoms with Crippen molar-refractivity contribution in [1.82, 2.24) is 0 Å². The fraction of sp³-hybridized carbons (Fsp3) is 0.385. The molecule has 0 aromatic heterocycles. The van der Waals surface area contributed by atoms with Crippen molar-refractivity contribution in [3.8, 4) is 11.5 Å². The summed E-state index contributed by atoms with van der Waals surface area (Å²) in [6.07, 6.45) is 1.93. The lowest BCUT2D eigenvalue weighted by molar-refractivity contribution is -0.134. The minimum Gasteiger partial charge on any atom is -0.497 e. The van der Waals surface area contributed by atoms with Crippen molar-refractivity contribution in [2.75, 3.05) is 13.7 Å². The van der Waals surface area contributed by atoms with Crippen LogP contribution in [0.5, 0.6) is 11.5 Å². The van der Waals surface area contributed by atoms with Gasteiger partial charge in [0.2, 0.25) is 0 Å². The molecule has 0 aliphatic rings. The highest BCUT2D eigenvalue weighted by Gasteiger charge is 2.10. The average Bonchev–Trinajstić information content (AvgIpc) is 2.39. The summed E-state index contributed by atoms with van der Waals surface area (Å²) >= 11 is 0. The molecule has 0 saturated heterocycles. The largest absolute Gasteiger partial charge is 0.497 e. The van der Waals surface area contributed by atoms with Crippen LogP contribution in [-0.4, -0.2) is 31.1 Å². The predicted molar refractivity (Wildman–Crippen MR) is 65.0 cm³/mol. The lowest BCUT2D eigenvalue weighted by Gasteiger charge is -2.08. The molecule has 0 unspecified atom stereocenters. The van der Waals surface area contributed by atoms with Crippen molar-refractivity contribution >= 4 is 12.3 Å². The quantitative estimate of drug-likeness (QED) is 0.345. The van der Waals surface area contributed by atoms with Crippen LogP contribution >= 0.6 is 0 Å². The Morgan fingerprint density at radius 2 is 2.17 bits per heavy atom. The van der Waals surface area contributed by atoms with E-state index >= 15 is 0 Å². The Hall–Kier alpha value is -1.88. The molecule has 0 spiro atoms. The summed E-state index contributed by atoms with van der Waals surface area (Å²) in [5, 5.41) is 8.60. The summed E-state index contributed by atoms with van der Waals surface area (Å²) in [6.45, 7) is 0.0510. The third-order valence-electron chi connectivity index (χ3n) is 2.36. The molecule has 5 heteroatoms. The summed E-state index contributed by atoms with van der Waals surface area (Å²) in [7, 11) is 1.49. The number of ether oxygens (including phenoxy) is 2. The Balaban J connectivity index is 2.66. The van der Waals surface area contributed by atoms with Gasteiger partial charge in [0.05, 0.1) is 12.7 Å². The Morgan fingerprint density at radius 1 is 1.39 bits per heavy atom. The van der Waals surface area contributed by atoms with Crippen LogP contribution in [0.2, 0.25) is 0 Å². The number of aldehydes is 1. The number of benzene rings is 1. The van der Waals surface area contributed by atoms with E-state index in [1.807, 2.05) is 0 Å². The third kappa shape index (κ3) is 4.18. The topological polar surface area (TPSA) is 72.8 Å². The van der Waals surface area contributed by atoms with Gasteiger partial charge >= 0.3 is 5.97 Å². The lowest BCUT2D eigenvalue weighted by atomic mass is 10.2. The van der Waals surface area contributed by atoms with Gasteiger partial charge in [-0.3, -0.25) is 9.59 Å². The molecule has 1 rings (SSSR count). The molecule has 0 aliphatic carbocycles. The first-order valence-corrected chi connectivity index (χ1v) is 5.66. The maximum absolute atomic E-state index is 11.5. The summed E-state index contributed by atoms with van der Waals surface area (Å²) in [6, 6.07) is 4.64. The number of hydrogen-bond donors (Lipinski definition) is 1. The van der Waals surface area contributed by atoms with Crippen molar-refractivity contribution in [2.24, 2.45) is 0 Å². The zero-order valence-corrected chi connectivity index (χ0v) is 10.2. The van der Waals surface area contributed by atoms with Crippen LogP contribution in [0.25, 0.3) is 0 Å². The molecule has 1 aromatic carbocycles. The number of esters is 1. The lowest BCUT2D eigenvalue weighted by Crippen LogP contribution is -2.09. The zero-order chi connectivity index (χ0) is 13.4. The van der Waals surface area contributed by atoms with E-state index in [1.54, 1.807) is 6.07 Å². The minimum absolute atomic E-state index is 0.0510. The number of rotatable bonds is 7. The Labute approximate surface area is 105 Å². The molecule has 0 aliphatic heterocycles. The van der Waals surface area contributed by atoms with E-state index in [1.165, 1.54) is 19.2 Å². The van der Waals surface area contributed by atoms with Crippen LogP contribution < -0.4 is 9.47 Å². The minimum atomic E-state index is -0.420. The number of carbonyl (C=O) groups is 2. The summed E-state index contributed by atoms with van der Waals surface area (Å²) < 4.78 is 10.0. The van der Waals surface area contributed by atoms with Gasteiger partial charge in [-0.05, 0) is 31.0 Å². The number of aliphatic hydroxyl groups excluding tert-OH is 1. The number of hydrogen-bond acceptors (Lipinski definition) is 5. The SMILES string of the molecule is COc1ccc(OC(=O)CCCCO)c(C=O)c1. The first-order valence-electron chi connectivity index (χ1n) is 5.66. The van der Waals surface area contributed by atoms with Gasteiger partial charge < -0.3 is 14.6 Å². The second kappa shape index (κ2) is 7.45. The van der Waals surface area contributed by atoms with E-state index in [9.17, 15) is 9.59 Å². The maximum Gasteiger partial charge on any atom is 0.311 e. The number of aliphatic hydroxyl groups is 1. The van der Waals surface area contributed by atoms with Gasteiger partial charge in [-0.15, -0.1) is 0 Å². The van der Waals surface area contributed by atoms with Crippen LogP contribution in [0.3, 0.4) is 0 Å². The molecule has 1 N–H and O–H groups in total. The molecule has 0 saturated carbocycles. The first-order chi connectivity index (χ1) is 8.71. The van der Waals surface area contributed by atoms with Gasteiger partial charge in [-0.2, -0.15) is 0 Å². The van der Waals surface area contributed by atoms with E-state index in [0.717, 1.165) is 0 Å². The van der Waals surface area contributed by atoms with Gasteiger partial charge in [0.15, 0.2) is 6.29 Å². The molecule has 0 bridgehead atoms. The molecule has 1 aromatic rings. The highest BCUT2D eigenvalue weighted by molar-refractivity contribution is 5.83. The fourth-order valence-electron chi connectivity index (χ4n) is 1.39. The molecule has 0 radical (unpaired) electrons. The molecule has 0 fully saturated rings. The van der Waals surface area contributed by atoms with Crippen molar-refractivity contribution < 1.29 is 24.2 Å². The Kier molecular flexibility index (Phi) is 5.87. The van der Waals surface area contributed by atoms with Gasteiger partial charge in [-0.25, -0.2) is 0 Å². The van der Waals surface area contributed by atoms with E-state index in [0.29, 0.717) is 24.9 Å². The van der Waals surface area contributed by atoms with Gasteiger partial charge in [0, 0.05) is 13.0 Å². The second-order valence-electron chi connectivity index (χ2n) is 3.68. The predicted octanol–water partition coefficient (Wildman–Crippen LogP) is 1.58. The molecule has 98 valence electrons. The number of carbonyl (C=O) groups excluding carboxylic acids is 2. The summed E-state index contributed by atoms with van der Waals surface area (Å²) in [5.74, 6) is 0.327. The summed E-state index contributed by atoms with van der Waals surface area (Å²) in [4.78, 5) is 22.3. The Bertz CT molecular complexity index is 414. The van der Waals surface area contributed by atoms with Crippen LogP contribution in [0.4, 0.5) is 0 Å². The number of unbranched alkanes of at least 4 members (excludes halogenated alkanes) is 1.